The minimum atomic E-state index is -0.443. The van der Waals surface area contributed by atoms with E-state index in [1.807, 2.05) is 54.6 Å². The van der Waals surface area contributed by atoms with Crippen molar-refractivity contribution in [1.82, 2.24) is 0 Å². The van der Waals surface area contributed by atoms with Gasteiger partial charge in [-0.1, -0.05) is 54.6 Å². The Balaban J connectivity index is 1.65. The summed E-state index contributed by atoms with van der Waals surface area (Å²) < 4.78 is 24.1. The molecule has 3 aromatic rings. The molecule has 0 aliphatic carbocycles. The van der Waals surface area contributed by atoms with E-state index >= 15 is 0 Å². The van der Waals surface area contributed by atoms with Gasteiger partial charge in [0.05, 0.1) is 18.7 Å². The molecule has 0 spiro atoms. The van der Waals surface area contributed by atoms with Crippen LogP contribution in [0.1, 0.15) is 5.56 Å². The molecule has 0 aliphatic heterocycles. The zero-order valence-corrected chi connectivity index (χ0v) is 15.7. The van der Waals surface area contributed by atoms with E-state index in [1.54, 1.807) is 7.11 Å². The maximum absolute atomic E-state index is 13.6. The number of ether oxygens (including phenoxy) is 2. The van der Waals surface area contributed by atoms with Crippen molar-refractivity contribution in [3.8, 4) is 16.9 Å². The molecule has 1 amide bonds. The van der Waals surface area contributed by atoms with Crippen LogP contribution in [-0.2, 0) is 16.0 Å². The average molecular weight is 379 g/mol. The highest BCUT2D eigenvalue weighted by Gasteiger charge is 2.11. The number of carbonyl (C=O) groups is 1. The predicted octanol–water partition coefficient (Wildman–Crippen LogP) is 4.70. The highest BCUT2D eigenvalue weighted by molar-refractivity contribution is 5.93. The van der Waals surface area contributed by atoms with Crippen molar-refractivity contribution in [2.45, 2.75) is 6.42 Å². The Hall–Kier alpha value is -3.18. The Morgan fingerprint density at radius 2 is 1.64 bits per heavy atom. The molecule has 1 N–H and O–H groups in total. The standard InChI is InChI=1S/C23H22FNO3/c1-27-13-14-28-22-12-11-20(24)16-21(22)25-23(26)15-17-7-9-19(10-8-17)18-5-3-2-4-6-18/h2-12,16H,13-15H2,1H3,(H,25,26). The minimum absolute atomic E-state index is 0.184. The monoisotopic (exact) mass is 379 g/mol. The van der Waals surface area contributed by atoms with Crippen LogP contribution in [0.15, 0.2) is 72.8 Å². The minimum Gasteiger partial charge on any atom is -0.489 e. The van der Waals surface area contributed by atoms with E-state index < -0.39 is 5.82 Å². The Labute approximate surface area is 163 Å². The summed E-state index contributed by atoms with van der Waals surface area (Å²) in [6.07, 6.45) is 0.184. The van der Waals surface area contributed by atoms with Crippen LogP contribution >= 0.6 is 0 Å². The predicted molar refractivity (Wildman–Crippen MR) is 108 cm³/mol. The first-order valence-electron chi connectivity index (χ1n) is 9.01. The molecule has 5 heteroatoms. The average Bonchev–Trinajstić information content (AvgIpc) is 2.71. The molecule has 144 valence electrons. The van der Waals surface area contributed by atoms with Crippen LogP contribution in [-0.4, -0.2) is 26.2 Å². The number of anilines is 1. The lowest BCUT2D eigenvalue weighted by molar-refractivity contribution is -0.115. The van der Waals surface area contributed by atoms with Gasteiger partial charge in [-0.15, -0.1) is 0 Å². The Morgan fingerprint density at radius 3 is 2.36 bits per heavy atom. The zero-order chi connectivity index (χ0) is 19.8. The van der Waals surface area contributed by atoms with Crippen LogP contribution in [0.5, 0.6) is 5.75 Å². The SMILES string of the molecule is COCCOc1ccc(F)cc1NC(=O)Cc1ccc(-c2ccccc2)cc1. The van der Waals surface area contributed by atoms with E-state index in [1.165, 1.54) is 18.2 Å². The van der Waals surface area contributed by atoms with Gasteiger partial charge in [0.2, 0.25) is 5.91 Å². The van der Waals surface area contributed by atoms with Gasteiger partial charge in [-0.3, -0.25) is 4.79 Å². The third-order valence-electron chi connectivity index (χ3n) is 4.19. The molecule has 0 radical (unpaired) electrons. The second-order valence-corrected chi connectivity index (χ2v) is 6.27. The van der Waals surface area contributed by atoms with E-state index in [4.69, 9.17) is 9.47 Å². The molecule has 3 aromatic carbocycles. The molecule has 0 atom stereocenters. The summed E-state index contributed by atoms with van der Waals surface area (Å²) in [5, 5.41) is 2.73. The van der Waals surface area contributed by atoms with Gasteiger partial charge in [0, 0.05) is 13.2 Å². The summed E-state index contributed by atoms with van der Waals surface area (Å²) in [7, 11) is 1.57. The lowest BCUT2D eigenvalue weighted by Crippen LogP contribution is -2.16. The van der Waals surface area contributed by atoms with Crippen LogP contribution in [0.2, 0.25) is 0 Å². The Kier molecular flexibility index (Phi) is 6.76. The van der Waals surface area contributed by atoms with E-state index in [9.17, 15) is 9.18 Å². The van der Waals surface area contributed by atoms with Crippen molar-refractivity contribution < 1.29 is 18.7 Å². The topological polar surface area (TPSA) is 47.6 Å². The summed E-state index contributed by atoms with van der Waals surface area (Å²) in [6.45, 7) is 0.713. The number of carbonyl (C=O) groups excluding carboxylic acids is 1. The van der Waals surface area contributed by atoms with Gasteiger partial charge in [0.25, 0.3) is 0 Å². The first-order chi connectivity index (χ1) is 13.7. The van der Waals surface area contributed by atoms with Gasteiger partial charge >= 0.3 is 0 Å². The molecule has 0 saturated heterocycles. The molecular weight excluding hydrogens is 357 g/mol. The first kappa shape index (κ1) is 19.6. The van der Waals surface area contributed by atoms with Crippen LogP contribution in [0.4, 0.5) is 10.1 Å². The molecule has 28 heavy (non-hydrogen) atoms. The fourth-order valence-corrected chi connectivity index (χ4v) is 2.79. The molecule has 0 fully saturated rings. The van der Waals surface area contributed by atoms with Gasteiger partial charge in [0.1, 0.15) is 18.2 Å². The van der Waals surface area contributed by atoms with Gasteiger partial charge in [-0.25, -0.2) is 4.39 Å². The van der Waals surface area contributed by atoms with Crippen molar-refractivity contribution in [2.24, 2.45) is 0 Å². The Bertz CT molecular complexity index is 911. The van der Waals surface area contributed by atoms with Gasteiger partial charge < -0.3 is 14.8 Å². The summed E-state index contributed by atoms with van der Waals surface area (Å²) >= 11 is 0. The van der Waals surface area contributed by atoms with Crippen molar-refractivity contribution in [2.75, 3.05) is 25.6 Å². The van der Waals surface area contributed by atoms with Crippen molar-refractivity contribution >= 4 is 11.6 Å². The highest BCUT2D eigenvalue weighted by Crippen LogP contribution is 2.26. The van der Waals surface area contributed by atoms with Crippen LogP contribution < -0.4 is 10.1 Å². The largest absolute Gasteiger partial charge is 0.489 e. The van der Waals surface area contributed by atoms with Gasteiger partial charge in [-0.2, -0.15) is 0 Å². The Morgan fingerprint density at radius 1 is 0.929 bits per heavy atom. The number of methoxy groups -OCH3 is 1. The second kappa shape index (κ2) is 9.67. The summed E-state index contributed by atoms with van der Waals surface area (Å²) in [5.41, 5.74) is 3.39. The van der Waals surface area contributed by atoms with Gasteiger partial charge in [-0.05, 0) is 28.8 Å². The van der Waals surface area contributed by atoms with E-state index in [0.29, 0.717) is 24.7 Å². The number of benzene rings is 3. The smallest absolute Gasteiger partial charge is 0.228 e. The summed E-state index contributed by atoms with van der Waals surface area (Å²) in [4.78, 5) is 12.4. The maximum atomic E-state index is 13.6. The second-order valence-electron chi connectivity index (χ2n) is 6.27. The third kappa shape index (κ3) is 5.41. The van der Waals surface area contributed by atoms with Crippen molar-refractivity contribution in [1.29, 1.82) is 0 Å². The number of rotatable bonds is 8. The molecule has 4 nitrogen and oxygen atoms in total. The molecule has 0 aromatic heterocycles. The molecular formula is C23H22FNO3. The molecule has 0 saturated carbocycles. The van der Waals surface area contributed by atoms with E-state index in [2.05, 4.69) is 5.32 Å². The van der Waals surface area contributed by atoms with Crippen LogP contribution in [0.25, 0.3) is 11.1 Å². The van der Waals surface area contributed by atoms with Crippen molar-refractivity contribution in [3.63, 3.8) is 0 Å². The van der Waals surface area contributed by atoms with Crippen LogP contribution in [0.3, 0.4) is 0 Å². The molecule has 0 aliphatic rings. The number of hydrogen-bond acceptors (Lipinski definition) is 3. The molecule has 0 bridgehead atoms. The number of nitrogens with one attached hydrogen (secondary N) is 1. The zero-order valence-electron chi connectivity index (χ0n) is 15.7. The first-order valence-corrected chi connectivity index (χ1v) is 9.01. The fourth-order valence-electron chi connectivity index (χ4n) is 2.79. The van der Waals surface area contributed by atoms with E-state index in [-0.39, 0.29) is 12.3 Å². The summed E-state index contributed by atoms with van der Waals surface area (Å²) in [5.74, 6) is -0.275. The number of halogens is 1. The lowest BCUT2D eigenvalue weighted by atomic mass is 10.0. The molecule has 3 rings (SSSR count). The normalized spacial score (nSPS) is 10.5. The number of hydrogen-bond donors (Lipinski definition) is 1. The third-order valence-corrected chi connectivity index (χ3v) is 4.19. The quantitative estimate of drug-likeness (QED) is 0.577. The summed E-state index contributed by atoms with van der Waals surface area (Å²) in [6, 6.07) is 21.9. The van der Waals surface area contributed by atoms with Gasteiger partial charge in [0.15, 0.2) is 0 Å². The number of amides is 1. The van der Waals surface area contributed by atoms with E-state index in [0.717, 1.165) is 16.7 Å². The molecule has 0 heterocycles. The van der Waals surface area contributed by atoms with Crippen molar-refractivity contribution in [3.05, 3.63) is 84.2 Å². The maximum Gasteiger partial charge on any atom is 0.228 e. The van der Waals surface area contributed by atoms with Crippen LogP contribution in [0, 0.1) is 5.82 Å². The fraction of sp³-hybridized carbons (Fsp3) is 0.174. The highest BCUT2D eigenvalue weighted by atomic mass is 19.1. The lowest BCUT2D eigenvalue weighted by Gasteiger charge is -2.13. The molecule has 0 unspecified atom stereocenters.